The van der Waals surface area contributed by atoms with Gasteiger partial charge in [-0.2, -0.15) is 5.01 Å². The highest BCUT2D eigenvalue weighted by Gasteiger charge is 2.52. The number of carbonyl (C=O) groups excluding carboxylic acids is 2. The van der Waals surface area contributed by atoms with E-state index in [2.05, 4.69) is 15.9 Å². The summed E-state index contributed by atoms with van der Waals surface area (Å²) in [5.74, 6) is 0.0744. The Morgan fingerprint density at radius 1 is 1.17 bits per heavy atom. The molecule has 1 amide bonds. The largest absolute Gasteiger partial charge is 0.497 e. The molecule has 2 aliphatic heterocycles. The van der Waals surface area contributed by atoms with Gasteiger partial charge in [0.15, 0.2) is 0 Å². The lowest BCUT2D eigenvalue weighted by Crippen LogP contribution is -2.65. The van der Waals surface area contributed by atoms with Gasteiger partial charge in [0.1, 0.15) is 17.5 Å². The molecule has 0 saturated carbocycles. The molecule has 11 heteroatoms. The molecule has 1 aromatic rings. The van der Waals surface area contributed by atoms with Crippen LogP contribution in [0.4, 0.5) is 4.79 Å². The highest BCUT2D eigenvalue weighted by Crippen LogP contribution is 2.40. The molecule has 2 aliphatic rings. The Morgan fingerprint density at radius 2 is 1.93 bits per heavy atom. The molecule has 1 aromatic carbocycles. The van der Waals surface area contributed by atoms with E-state index in [0.717, 1.165) is 0 Å². The first-order valence-electron chi connectivity index (χ1n) is 9.31. The summed E-state index contributed by atoms with van der Waals surface area (Å²) in [5.41, 5.74) is 3.45. The second-order valence-corrected chi connectivity index (χ2v) is 6.33. The Morgan fingerprint density at radius 3 is 2.59 bits per heavy atom. The predicted molar refractivity (Wildman–Crippen MR) is 100 cm³/mol. The number of fused-ring (bicyclic) bond motifs is 1. The van der Waals surface area contributed by atoms with Gasteiger partial charge < -0.3 is 18.9 Å². The van der Waals surface area contributed by atoms with Gasteiger partial charge in [-0.3, -0.25) is 4.90 Å². The molecular weight excluding hydrogens is 382 g/mol. The van der Waals surface area contributed by atoms with Crippen molar-refractivity contribution in [3.63, 3.8) is 0 Å². The van der Waals surface area contributed by atoms with E-state index < -0.39 is 30.3 Å². The third-order valence-corrected chi connectivity index (χ3v) is 4.78. The Hall–Kier alpha value is -3.08. The Balaban J connectivity index is 2.11. The molecule has 3 atom stereocenters. The summed E-state index contributed by atoms with van der Waals surface area (Å²) in [5, 5.41) is 9.50. The molecule has 1 fully saturated rings. The average molecular weight is 407 g/mol. The first kappa shape index (κ1) is 20.6. The molecule has 29 heavy (non-hydrogen) atoms. The second kappa shape index (κ2) is 8.95. The number of amides is 1. The van der Waals surface area contributed by atoms with Crippen molar-refractivity contribution in [1.29, 1.82) is 0 Å². The van der Waals surface area contributed by atoms with Crippen molar-refractivity contribution in [1.82, 2.24) is 15.4 Å². The summed E-state index contributed by atoms with van der Waals surface area (Å²) >= 11 is 0. The zero-order valence-electron chi connectivity index (χ0n) is 16.8. The third-order valence-electron chi connectivity index (χ3n) is 4.78. The van der Waals surface area contributed by atoms with E-state index >= 15 is 0 Å². The molecule has 1 saturated heterocycles. The lowest BCUT2D eigenvalue weighted by molar-refractivity contribution is -0.157. The summed E-state index contributed by atoms with van der Waals surface area (Å²) in [6, 6.07) is 4.30. The molecule has 0 spiro atoms. The molecule has 0 radical (unpaired) electrons. The van der Waals surface area contributed by atoms with E-state index in [1.807, 2.05) is 0 Å². The van der Waals surface area contributed by atoms with Crippen LogP contribution in [0.25, 0.3) is 0 Å². The van der Waals surface area contributed by atoms with Crippen molar-refractivity contribution in [3.8, 4) is 11.5 Å². The Labute approximate surface area is 168 Å². The molecule has 3 rings (SSSR count). The van der Waals surface area contributed by atoms with Crippen LogP contribution in [-0.2, 0) is 14.3 Å². The van der Waals surface area contributed by atoms with Crippen molar-refractivity contribution in [2.24, 2.45) is 10.3 Å². The van der Waals surface area contributed by atoms with Gasteiger partial charge in [-0.1, -0.05) is 5.22 Å². The van der Waals surface area contributed by atoms with Gasteiger partial charge in [0.2, 0.25) is 6.29 Å². The predicted octanol–water partition coefficient (Wildman–Crippen LogP) is 1.66. The number of carbonyl (C=O) groups is 2. The van der Waals surface area contributed by atoms with Gasteiger partial charge in [-0.25, -0.2) is 15.1 Å². The van der Waals surface area contributed by atoms with E-state index in [9.17, 15) is 9.59 Å². The second-order valence-electron chi connectivity index (χ2n) is 6.33. The van der Waals surface area contributed by atoms with Crippen LogP contribution in [0.2, 0.25) is 0 Å². The zero-order chi connectivity index (χ0) is 21.0. The lowest BCUT2D eigenvalue weighted by atomic mass is 9.87. The summed E-state index contributed by atoms with van der Waals surface area (Å²) in [7, 11) is 3.09. The number of ether oxygens (including phenoxy) is 4. The van der Waals surface area contributed by atoms with E-state index in [-0.39, 0.29) is 13.2 Å². The quantitative estimate of drug-likeness (QED) is 0.708. The van der Waals surface area contributed by atoms with Gasteiger partial charge in [-0.05, 0) is 32.0 Å². The molecule has 11 nitrogen and oxygen atoms in total. The van der Waals surface area contributed by atoms with Gasteiger partial charge in [0.25, 0.3) is 0 Å². The lowest BCUT2D eigenvalue weighted by Gasteiger charge is -2.44. The maximum Gasteiger partial charge on any atom is 0.413 e. The van der Waals surface area contributed by atoms with Crippen LogP contribution in [0.15, 0.2) is 28.5 Å². The van der Waals surface area contributed by atoms with Gasteiger partial charge in [-0.15, -0.1) is 5.11 Å². The number of nitrogens with zero attached hydrogens (tertiary/aromatic N) is 4. The molecular formula is C18H25N5O6. The first-order valence-corrected chi connectivity index (χ1v) is 9.31. The molecule has 0 aromatic heterocycles. The molecule has 1 N–H and O–H groups in total. The summed E-state index contributed by atoms with van der Waals surface area (Å²) in [6.45, 7) is 4.04. The van der Waals surface area contributed by atoms with Gasteiger partial charge in [0.05, 0.1) is 27.4 Å². The monoisotopic (exact) mass is 407 g/mol. The highest BCUT2D eigenvalue weighted by atomic mass is 16.6. The van der Waals surface area contributed by atoms with Crippen molar-refractivity contribution in [2.75, 3.05) is 34.0 Å². The van der Waals surface area contributed by atoms with Crippen LogP contribution in [0.3, 0.4) is 0 Å². The number of hydrazine groups is 1. The average Bonchev–Trinajstić information content (AvgIpc) is 3.20. The van der Waals surface area contributed by atoms with Crippen LogP contribution in [0, 0.1) is 0 Å². The zero-order valence-corrected chi connectivity index (χ0v) is 16.8. The number of rotatable bonds is 6. The fraction of sp³-hybridized carbons (Fsp3) is 0.556. The van der Waals surface area contributed by atoms with E-state index in [1.165, 1.54) is 12.0 Å². The van der Waals surface area contributed by atoms with Gasteiger partial charge >= 0.3 is 12.1 Å². The minimum absolute atomic E-state index is 0.148. The van der Waals surface area contributed by atoms with Crippen LogP contribution < -0.4 is 15.0 Å². The van der Waals surface area contributed by atoms with Crippen molar-refractivity contribution >= 4 is 12.1 Å². The molecule has 0 aliphatic carbocycles. The molecule has 158 valence electrons. The summed E-state index contributed by atoms with van der Waals surface area (Å²) < 4.78 is 21.4. The van der Waals surface area contributed by atoms with E-state index in [1.54, 1.807) is 44.2 Å². The SMILES string of the molecule is CCOC(=O)C1C(c2cc(OC)ccc2OC)CN2NN=NC2N1C(=O)OCC. The van der Waals surface area contributed by atoms with E-state index in [0.29, 0.717) is 23.6 Å². The minimum Gasteiger partial charge on any atom is -0.497 e. The Bertz CT molecular complexity index is 788. The fourth-order valence-corrected chi connectivity index (χ4v) is 3.55. The number of methoxy groups -OCH3 is 2. The number of nitrogens with one attached hydrogen (secondary N) is 1. The summed E-state index contributed by atoms with van der Waals surface area (Å²) in [6.07, 6.45) is -1.51. The summed E-state index contributed by atoms with van der Waals surface area (Å²) in [4.78, 5) is 27.0. The number of esters is 1. The van der Waals surface area contributed by atoms with Gasteiger partial charge in [0, 0.05) is 18.0 Å². The normalized spacial score (nSPS) is 23.2. The molecule has 3 unspecified atom stereocenters. The number of benzene rings is 1. The van der Waals surface area contributed by atoms with Crippen molar-refractivity contribution in [2.45, 2.75) is 32.1 Å². The van der Waals surface area contributed by atoms with Crippen LogP contribution in [0.5, 0.6) is 11.5 Å². The smallest absolute Gasteiger partial charge is 0.413 e. The number of hydrogen-bond donors (Lipinski definition) is 1. The molecule has 0 bridgehead atoms. The fourth-order valence-electron chi connectivity index (χ4n) is 3.55. The van der Waals surface area contributed by atoms with Crippen LogP contribution in [-0.4, -0.2) is 68.3 Å². The minimum atomic E-state index is -0.991. The van der Waals surface area contributed by atoms with Crippen LogP contribution >= 0.6 is 0 Å². The maximum absolute atomic E-state index is 13.0. The standard InChI is InChI=1S/C18H25N5O6/c1-5-28-16(24)15-13(12-9-11(26-3)7-8-14(12)27-4)10-22-17(19-20-21-22)23(15)18(25)29-6-2/h7-9,13,15,17H,5-6,10H2,1-4H3,(H,19,21). The van der Waals surface area contributed by atoms with Crippen molar-refractivity contribution in [3.05, 3.63) is 23.8 Å². The first-order chi connectivity index (χ1) is 14.0. The maximum atomic E-state index is 13.0. The van der Waals surface area contributed by atoms with Crippen LogP contribution in [0.1, 0.15) is 25.3 Å². The molecule has 2 heterocycles. The van der Waals surface area contributed by atoms with Crippen molar-refractivity contribution < 1.29 is 28.5 Å². The Kier molecular flexibility index (Phi) is 6.37. The number of hydrogen-bond acceptors (Lipinski definition) is 10. The highest BCUT2D eigenvalue weighted by molar-refractivity contribution is 5.83. The topological polar surface area (TPSA) is 114 Å². The third kappa shape index (κ3) is 3.90. The van der Waals surface area contributed by atoms with E-state index in [4.69, 9.17) is 18.9 Å².